The van der Waals surface area contributed by atoms with Crippen molar-refractivity contribution in [2.75, 3.05) is 29.5 Å². The zero-order valence-electron chi connectivity index (χ0n) is 13.6. The molecule has 0 aliphatic carbocycles. The van der Waals surface area contributed by atoms with Crippen LogP contribution in [-0.4, -0.2) is 43.6 Å². The van der Waals surface area contributed by atoms with Gasteiger partial charge in [-0.1, -0.05) is 0 Å². The lowest BCUT2D eigenvalue weighted by Gasteiger charge is -2.24. The standard InChI is InChI=1S/C17H17FN2O5/c1-2-24-16(22)15-10-20(17(23)25-15)11-3-4-14(13(18)9-11)19-7-5-12(21)6-8-19/h3-5,7,9,15H,2,6,8,10H2,1H3. The van der Waals surface area contributed by atoms with Crippen LogP contribution in [0.3, 0.4) is 0 Å². The van der Waals surface area contributed by atoms with E-state index in [4.69, 9.17) is 9.47 Å². The molecule has 0 bridgehead atoms. The van der Waals surface area contributed by atoms with Crippen molar-refractivity contribution in [3.8, 4) is 0 Å². The number of carbonyl (C=O) groups is 3. The van der Waals surface area contributed by atoms with Crippen LogP contribution in [0.25, 0.3) is 0 Å². The molecule has 1 amide bonds. The van der Waals surface area contributed by atoms with E-state index in [0.717, 1.165) is 0 Å². The van der Waals surface area contributed by atoms with Crippen molar-refractivity contribution in [3.05, 3.63) is 36.3 Å². The van der Waals surface area contributed by atoms with Crippen molar-refractivity contribution in [2.45, 2.75) is 19.4 Å². The Morgan fingerprint density at radius 2 is 2.20 bits per heavy atom. The summed E-state index contributed by atoms with van der Waals surface area (Å²) in [4.78, 5) is 37.7. The fourth-order valence-electron chi connectivity index (χ4n) is 2.69. The number of nitrogens with zero attached hydrogens (tertiary/aromatic N) is 2. The second kappa shape index (κ2) is 6.92. The molecular weight excluding hydrogens is 331 g/mol. The van der Waals surface area contributed by atoms with Crippen LogP contribution < -0.4 is 9.80 Å². The molecule has 3 rings (SSSR count). The third-order valence-electron chi connectivity index (χ3n) is 3.95. The summed E-state index contributed by atoms with van der Waals surface area (Å²) in [6, 6.07) is 4.29. The predicted molar refractivity (Wildman–Crippen MR) is 86.8 cm³/mol. The third kappa shape index (κ3) is 3.47. The van der Waals surface area contributed by atoms with Crippen molar-refractivity contribution >= 4 is 29.2 Å². The van der Waals surface area contributed by atoms with Crippen molar-refractivity contribution in [1.82, 2.24) is 0 Å². The SMILES string of the molecule is CCOC(=O)C1CN(c2ccc(N3C=CC(=O)CC3)c(F)c2)C(=O)O1. The first-order chi connectivity index (χ1) is 12.0. The summed E-state index contributed by atoms with van der Waals surface area (Å²) in [6.45, 7) is 2.20. The molecule has 7 nitrogen and oxygen atoms in total. The van der Waals surface area contributed by atoms with Gasteiger partial charge < -0.3 is 14.4 Å². The van der Waals surface area contributed by atoms with E-state index >= 15 is 0 Å². The van der Waals surface area contributed by atoms with Gasteiger partial charge in [0, 0.05) is 19.2 Å². The Morgan fingerprint density at radius 1 is 1.40 bits per heavy atom. The van der Waals surface area contributed by atoms with Gasteiger partial charge in [-0.05, 0) is 31.2 Å². The molecule has 1 atom stereocenters. The van der Waals surface area contributed by atoms with Crippen LogP contribution in [0.4, 0.5) is 20.6 Å². The monoisotopic (exact) mass is 348 g/mol. The number of anilines is 2. The predicted octanol–water partition coefficient (Wildman–Crippen LogP) is 2.01. The molecule has 0 radical (unpaired) electrons. The minimum absolute atomic E-state index is 0.00176. The summed E-state index contributed by atoms with van der Waals surface area (Å²) in [6.07, 6.45) is 1.50. The summed E-state index contributed by atoms with van der Waals surface area (Å²) >= 11 is 0. The number of allylic oxidation sites excluding steroid dienone is 1. The number of ether oxygens (including phenoxy) is 2. The highest BCUT2D eigenvalue weighted by Crippen LogP contribution is 2.29. The Labute approximate surface area is 143 Å². The van der Waals surface area contributed by atoms with Crippen LogP contribution in [0.1, 0.15) is 13.3 Å². The second-order valence-corrected chi connectivity index (χ2v) is 5.60. The average molecular weight is 348 g/mol. The van der Waals surface area contributed by atoms with E-state index in [-0.39, 0.29) is 24.6 Å². The molecule has 0 saturated carbocycles. The number of hydrogen-bond acceptors (Lipinski definition) is 6. The van der Waals surface area contributed by atoms with Gasteiger partial charge in [0.1, 0.15) is 5.82 Å². The minimum Gasteiger partial charge on any atom is -0.463 e. The Bertz CT molecular complexity index is 749. The van der Waals surface area contributed by atoms with E-state index in [1.54, 1.807) is 17.9 Å². The maximum Gasteiger partial charge on any atom is 0.415 e. The van der Waals surface area contributed by atoms with Gasteiger partial charge in [0.05, 0.1) is 24.5 Å². The summed E-state index contributed by atoms with van der Waals surface area (Å²) in [5, 5.41) is 0. The van der Waals surface area contributed by atoms with Crippen LogP contribution in [0, 0.1) is 5.82 Å². The smallest absolute Gasteiger partial charge is 0.415 e. The number of rotatable bonds is 4. The fraction of sp³-hybridized carbons (Fsp3) is 0.353. The molecule has 2 heterocycles. The normalized spacial score (nSPS) is 20.0. The molecule has 1 aromatic carbocycles. The lowest BCUT2D eigenvalue weighted by atomic mass is 10.1. The minimum atomic E-state index is -1.02. The summed E-state index contributed by atoms with van der Waals surface area (Å²) < 4.78 is 24.3. The molecule has 132 valence electrons. The van der Waals surface area contributed by atoms with Crippen LogP contribution in [0.5, 0.6) is 0 Å². The van der Waals surface area contributed by atoms with Gasteiger partial charge in [-0.15, -0.1) is 0 Å². The van der Waals surface area contributed by atoms with E-state index in [9.17, 15) is 18.8 Å². The van der Waals surface area contributed by atoms with Gasteiger partial charge >= 0.3 is 12.1 Å². The maximum atomic E-state index is 14.5. The number of amides is 1. The van der Waals surface area contributed by atoms with E-state index < -0.39 is 24.0 Å². The molecule has 1 fully saturated rings. The maximum absolute atomic E-state index is 14.5. The lowest BCUT2D eigenvalue weighted by Crippen LogP contribution is -2.29. The molecular formula is C17H17FN2O5. The Balaban J connectivity index is 1.77. The number of carbonyl (C=O) groups excluding carboxylic acids is 3. The van der Waals surface area contributed by atoms with E-state index in [2.05, 4.69) is 0 Å². The number of benzene rings is 1. The molecule has 1 saturated heterocycles. The van der Waals surface area contributed by atoms with Gasteiger partial charge in [0.15, 0.2) is 5.78 Å². The number of halogens is 1. The van der Waals surface area contributed by atoms with Gasteiger partial charge in [-0.25, -0.2) is 14.0 Å². The van der Waals surface area contributed by atoms with E-state index in [1.165, 1.54) is 29.3 Å². The molecule has 1 aromatic rings. The molecule has 0 aromatic heterocycles. The molecule has 2 aliphatic heterocycles. The first-order valence-corrected chi connectivity index (χ1v) is 7.91. The second-order valence-electron chi connectivity index (χ2n) is 5.60. The van der Waals surface area contributed by atoms with Crippen LogP contribution in [-0.2, 0) is 19.1 Å². The van der Waals surface area contributed by atoms with E-state index in [1.807, 2.05) is 0 Å². The Hall–Kier alpha value is -2.90. The van der Waals surface area contributed by atoms with E-state index in [0.29, 0.717) is 18.7 Å². The summed E-state index contributed by atoms with van der Waals surface area (Å²) in [5.74, 6) is -1.17. The fourth-order valence-corrected chi connectivity index (χ4v) is 2.69. The molecule has 2 aliphatic rings. The lowest BCUT2D eigenvalue weighted by molar-refractivity contribution is -0.151. The zero-order valence-corrected chi connectivity index (χ0v) is 13.6. The van der Waals surface area contributed by atoms with Crippen LogP contribution in [0.2, 0.25) is 0 Å². The third-order valence-corrected chi connectivity index (χ3v) is 3.95. The Morgan fingerprint density at radius 3 is 2.84 bits per heavy atom. The largest absolute Gasteiger partial charge is 0.463 e. The highest BCUT2D eigenvalue weighted by atomic mass is 19.1. The van der Waals surface area contributed by atoms with Gasteiger partial charge in [0.2, 0.25) is 6.10 Å². The molecule has 0 spiro atoms. The topological polar surface area (TPSA) is 76.2 Å². The quantitative estimate of drug-likeness (QED) is 0.775. The van der Waals surface area contributed by atoms with Crippen molar-refractivity contribution in [1.29, 1.82) is 0 Å². The first-order valence-electron chi connectivity index (χ1n) is 7.91. The van der Waals surface area contributed by atoms with Crippen molar-refractivity contribution in [2.24, 2.45) is 0 Å². The first kappa shape index (κ1) is 16.9. The number of cyclic esters (lactones) is 1. The summed E-state index contributed by atoms with van der Waals surface area (Å²) in [5.41, 5.74) is 0.595. The molecule has 0 N–H and O–H groups in total. The molecule has 25 heavy (non-hydrogen) atoms. The van der Waals surface area contributed by atoms with Gasteiger partial charge in [-0.2, -0.15) is 0 Å². The van der Waals surface area contributed by atoms with Gasteiger partial charge in [0.25, 0.3) is 0 Å². The molecule has 1 unspecified atom stereocenters. The molecule has 8 heteroatoms. The summed E-state index contributed by atoms with van der Waals surface area (Å²) in [7, 11) is 0. The number of ketones is 1. The van der Waals surface area contributed by atoms with Gasteiger partial charge in [-0.3, -0.25) is 9.69 Å². The highest BCUT2D eigenvalue weighted by molar-refractivity contribution is 5.94. The number of esters is 1. The van der Waals surface area contributed by atoms with Crippen LogP contribution >= 0.6 is 0 Å². The zero-order chi connectivity index (χ0) is 18.0. The van der Waals surface area contributed by atoms with Crippen molar-refractivity contribution < 1.29 is 28.2 Å². The highest BCUT2D eigenvalue weighted by Gasteiger charge is 2.38. The van der Waals surface area contributed by atoms with Crippen LogP contribution in [0.15, 0.2) is 30.5 Å². The Kier molecular flexibility index (Phi) is 4.69. The average Bonchev–Trinajstić information content (AvgIpc) is 2.98. The number of hydrogen-bond donors (Lipinski definition) is 0. The van der Waals surface area contributed by atoms with Crippen molar-refractivity contribution in [3.63, 3.8) is 0 Å².